The highest BCUT2D eigenvalue weighted by Gasteiger charge is 2.61. The minimum atomic E-state index is -5.78. The van der Waals surface area contributed by atoms with Crippen LogP contribution in [0.15, 0.2) is 55.1 Å². The Balaban J connectivity index is 1.67. The van der Waals surface area contributed by atoms with Crippen LogP contribution in [0, 0.1) is 0 Å². The van der Waals surface area contributed by atoms with Crippen LogP contribution in [0.4, 0.5) is 27.6 Å². The van der Waals surface area contributed by atoms with Gasteiger partial charge < -0.3 is 5.32 Å². The van der Waals surface area contributed by atoms with Gasteiger partial charge in [-0.3, -0.25) is 9.78 Å². The lowest BCUT2D eigenvalue weighted by molar-refractivity contribution is -0.292. The molecule has 11 heteroatoms. The Bertz CT molecular complexity index is 954. The zero-order chi connectivity index (χ0) is 20.4. The Kier molecular flexibility index (Phi) is 5.08. The number of nitrogens with zero attached hydrogens (tertiary/aromatic N) is 4. The minimum absolute atomic E-state index is 0.0918. The lowest BCUT2D eigenvalue weighted by atomic mass is 10.1. The summed E-state index contributed by atoms with van der Waals surface area (Å²) in [5.74, 6) is -7.13. The van der Waals surface area contributed by atoms with Gasteiger partial charge in [-0.2, -0.15) is 22.0 Å². The minimum Gasteiger partial charge on any atom is -0.321 e. The summed E-state index contributed by atoms with van der Waals surface area (Å²) in [7, 11) is 0. The maximum atomic E-state index is 13.2. The summed E-state index contributed by atoms with van der Waals surface area (Å²) in [5, 5.41) is 5.85. The molecule has 0 unspecified atom stereocenters. The first-order chi connectivity index (χ1) is 13.2. The van der Waals surface area contributed by atoms with E-state index in [9.17, 15) is 26.7 Å². The van der Waals surface area contributed by atoms with Gasteiger partial charge >= 0.3 is 12.1 Å². The van der Waals surface area contributed by atoms with Crippen LogP contribution >= 0.6 is 0 Å². The summed E-state index contributed by atoms with van der Waals surface area (Å²) in [6, 6.07) is 9.36. The van der Waals surface area contributed by atoms with Crippen molar-refractivity contribution in [1.82, 2.24) is 19.7 Å². The fourth-order valence-electron chi connectivity index (χ4n) is 2.23. The molecular weight excluding hydrogens is 385 g/mol. The molecule has 2 aromatic heterocycles. The van der Waals surface area contributed by atoms with Gasteiger partial charge in [0, 0.05) is 11.8 Å². The third-order valence-electron chi connectivity index (χ3n) is 3.65. The lowest BCUT2D eigenvalue weighted by Gasteiger charge is -2.15. The Hall–Kier alpha value is -3.37. The summed E-state index contributed by atoms with van der Waals surface area (Å²) in [5.41, 5.74) is 1.37. The first-order valence-corrected chi connectivity index (χ1v) is 7.81. The van der Waals surface area contributed by atoms with Crippen molar-refractivity contribution in [2.75, 3.05) is 5.32 Å². The summed E-state index contributed by atoms with van der Waals surface area (Å²) in [6.45, 7) is -0.0918. The highest BCUT2D eigenvalue weighted by molar-refractivity contribution is 6.04. The van der Waals surface area contributed by atoms with E-state index in [4.69, 9.17) is 0 Å². The van der Waals surface area contributed by atoms with Gasteiger partial charge in [0.15, 0.2) is 0 Å². The van der Waals surface area contributed by atoms with Gasteiger partial charge in [0.1, 0.15) is 6.33 Å². The van der Waals surface area contributed by atoms with Crippen LogP contribution in [0.25, 0.3) is 0 Å². The second-order valence-electron chi connectivity index (χ2n) is 5.73. The van der Waals surface area contributed by atoms with Crippen LogP contribution in [-0.4, -0.2) is 31.8 Å². The number of aromatic nitrogens is 4. The number of hydrogen-bond donors (Lipinski definition) is 1. The number of anilines is 1. The molecule has 0 bridgehead atoms. The summed E-state index contributed by atoms with van der Waals surface area (Å²) < 4.78 is 64.4. The number of halogens is 5. The molecule has 0 radical (unpaired) electrons. The van der Waals surface area contributed by atoms with Gasteiger partial charge in [-0.1, -0.05) is 12.1 Å². The molecule has 146 valence electrons. The fraction of sp³-hybridized carbons (Fsp3) is 0.176. The van der Waals surface area contributed by atoms with Crippen molar-refractivity contribution in [2.24, 2.45) is 0 Å². The third kappa shape index (κ3) is 4.13. The quantitative estimate of drug-likeness (QED) is 0.668. The number of hydrogen-bond acceptors (Lipinski definition) is 4. The molecule has 0 spiro atoms. The molecule has 1 amide bonds. The highest BCUT2D eigenvalue weighted by atomic mass is 19.4. The van der Waals surface area contributed by atoms with Crippen LogP contribution in [0.5, 0.6) is 0 Å². The molecule has 2 heterocycles. The predicted molar refractivity (Wildman–Crippen MR) is 87.7 cm³/mol. The molecule has 0 saturated heterocycles. The molecule has 0 saturated carbocycles. The topological polar surface area (TPSA) is 72.7 Å². The Morgan fingerprint density at radius 2 is 1.79 bits per heavy atom. The van der Waals surface area contributed by atoms with E-state index in [1.807, 2.05) is 0 Å². The third-order valence-corrected chi connectivity index (χ3v) is 3.65. The normalized spacial score (nSPS) is 12.0. The van der Waals surface area contributed by atoms with E-state index in [2.05, 4.69) is 20.4 Å². The van der Waals surface area contributed by atoms with Crippen molar-refractivity contribution in [3.63, 3.8) is 0 Å². The van der Waals surface area contributed by atoms with Crippen LogP contribution in [0.2, 0.25) is 0 Å². The standard InChI is InChI=1S/C17H12F5N5O/c18-16(19,17(20,21)22)15-24-10-27(26-15)9-11-3-5-12(6-4-11)14(28)25-13-2-1-7-23-8-13/h1-8,10H,9H2,(H,25,28). The van der Waals surface area contributed by atoms with E-state index in [1.165, 1.54) is 30.5 Å². The van der Waals surface area contributed by atoms with Crippen molar-refractivity contribution in [2.45, 2.75) is 18.6 Å². The second-order valence-corrected chi connectivity index (χ2v) is 5.73. The number of alkyl halides is 5. The summed E-state index contributed by atoms with van der Waals surface area (Å²) in [4.78, 5) is 19.1. The largest absolute Gasteiger partial charge is 0.461 e. The highest BCUT2D eigenvalue weighted by Crippen LogP contribution is 2.42. The van der Waals surface area contributed by atoms with E-state index in [0.29, 0.717) is 16.8 Å². The number of amides is 1. The molecule has 3 rings (SSSR count). The molecule has 0 fully saturated rings. The van der Waals surface area contributed by atoms with Crippen molar-refractivity contribution >= 4 is 11.6 Å². The Morgan fingerprint density at radius 1 is 1.07 bits per heavy atom. The molecule has 0 aliphatic carbocycles. The lowest BCUT2D eigenvalue weighted by Crippen LogP contribution is -2.35. The molecule has 6 nitrogen and oxygen atoms in total. The van der Waals surface area contributed by atoms with Crippen LogP contribution < -0.4 is 5.32 Å². The zero-order valence-corrected chi connectivity index (χ0v) is 14.0. The van der Waals surface area contributed by atoms with Crippen LogP contribution in [0.3, 0.4) is 0 Å². The van der Waals surface area contributed by atoms with E-state index < -0.39 is 17.9 Å². The molecule has 1 N–H and O–H groups in total. The number of carbonyl (C=O) groups is 1. The summed E-state index contributed by atoms with van der Waals surface area (Å²) in [6.07, 6.45) is -1.95. The number of benzene rings is 1. The predicted octanol–water partition coefficient (Wildman–Crippen LogP) is 3.63. The van der Waals surface area contributed by atoms with Gasteiger partial charge in [-0.05, 0) is 29.8 Å². The molecule has 1 aromatic carbocycles. The average Bonchev–Trinajstić information content (AvgIpc) is 3.11. The molecule has 28 heavy (non-hydrogen) atoms. The summed E-state index contributed by atoms with van der Waals surface area (Å²) >= 11 is 0. The molecular formula is C17H12F5N5O. The number of pyridine rings is 1. The number of rotatable bonds is 5. The van der Waals surface area contributed by atoms with Gasteiger partial charge in [-0.25, -0.2) is 9.67 Å². The van der Waals surface area contributed by atoms with E-state index >= 15 is 0 Å². The smallest absolute Gasteiger partial charge is 0.321 e. The van der Waals surface area contributed by atoms with Gasteiger partial charge in [0.05, 0.1) is 18.4 Å². The first kappa shape index (κ1) is 19.4. The zero-order valence-electron chi connectivity index (χ0n) is 14.0. The van der Waals surface area contributed by atoms with Crippen molar-refractivity contribution in [1.29, 1.82) is 0 Å². The van der Waals surface area contributed by atoms with Crippen LogP contribution in [0.1, 0.15) is 21.7 Å². The molecule has 0 atom stereocenters. The first-order valence-electron chi connectivity index (χ1n) is 7.81. The van der Waals surface area contributed by atoms with Crippen molar-refractivity contribution < 1.29 is 26.7 Å². The Morgan fingerprint density at radius 3 is 2.39 bits per heavy atom. The molecule has 0 aliphatic rings. The van der Waals surface area contributed by atoms with Gasteiger partial charge in [-0.15, -0.1) is 5.10 Å². The van der Waals surface area contributed by atoms with Crippen molar-refractivity contribution in [3.8, 4) is 0 Å². The number of nitrogens with one attached hydrogen (secondary N) is 1. The van der Waals surface area contributed by atoms with E-state index in [0.717, 1.165) is 11.0 Å². The maximum absolute atomic E-state index is 13.2. The van der Waals surface area contributed by atoms with E-state index in [-0.39, 0.29) is 12.5 Å². The van der Waals surface area contributed by atoms with Gasteiger partial charge in [0.25, 0.3) is 5.91 Å². The second kappa shape index (κ2) is 7.33. The van der Waals surface area contributed by atoms with E-state index in [1.54, 1.807) is 18.3 Å². The van der Waals surface area contributed by atoms with Crippen LogP contribution in [-0.2, 0) is 12.5 Å². The number of carbonyl (C=O) groups excluding carboxylic acids is 1. The molecule has 3 aromatic rings. The Labute approximate surface area is 155 Å². The SMILES string of the molecule is O=C(Nc1cccnc1)c1ccc(Cn2cnc(C(F)(F)C(F)(F)F)n2)cc1. The monoisotopic (exact) mass is 397 g/mol. The fourth-order valence-corrected chi connectivity index (χ4v) is 2.23. The maximum Gasteiger partial charge on any atom is 0.461 e. The molecule has 0 aliphatic heterocycles. The van der Waals surface area contributed by atoms with Crippen molar-refractivity contribution in [3.05, 3.63) is 72.1 Å². The average molecular weight is 397 g/mol. The van der Waals surface area contributed by atoms with Gasteiger partial charge in [0.2, 0.25) is 5.82 Å².